The average molecular weight is 238 g/mol. The van der Waals surface area contributed by atoms with Gasteiger partial charge in [0.15, 0.2) is 0 Å². The second-order valence-electron chi connectivity index (χ2n) is 2.89. The minimum atomic E-state index is -4.11. The standard InChI is InChI=1S/C4H12N.FH.Mo.3O/c1-5(2,3)4;;;;;/h1-4H3;1H;;;;/q+1;;;;;. The number of nitrogens with zero attached hydrogens (tertiary/aromatic N) is 1. The van der Waals surface area contributed by atoms with Gasteiger partial charge in [0.2, 0.25) is 0 Å². The maximum atomic E-state index is 8.59. The van der Waals surface area contributed by atoms with E-state index in [0.29, 0.717) is 0 Å². The number of rotatable bonds is 0. The van der Waals surface area contributed by atoms with E-state index in [2.05, 4.69) is 28.2 Å². The van der Waals surface area contributed by atoms with Gasteiger partial charge in [-0.1, -0.05) is 0 Å². The fourth-order valence-electron chi connectivity index (χ4n) is 0. The third-order valence-electron chi connectivity index (χ3n) is 0. The summed E-state index contributed by atoms with van der Waals surface area (Å²) in [5, 5.41) is 0. The van der Waals surface area contributed by atoms with Crippen molar-refractivity contribution in [2.24, 2.45) is 0 Å². The Bertz CT molecular complexity index is 142. The maximum absolute atomic E-state index is 8.59. The van der Waals surface area contributed by atoms with Crippen LogP contribution in [0.15, 0.2) is 0 Å². The van der Waals surface area contributed by atoms with Crippen LogP contribution in [-0.4, -0.2) is 32.7 Å². The van der Waals surface area contributed by atoms with Crippen LogP contribution in [0.25, 0.3) is 0 Å². The zero-order valence-electron chi connectivity index (χ0n) is 6.49. The number of hydrogen-bond acceptors (Lipinski definition) is 3. The van der Waals surface area contributed by atoms with Gasteiger partial charge in [-0.3, -0.25) is 4.70 Å². The predicted octanol–water partition coefficient (Wildman–Crippen LogP) is 0.116. The Balaban J connectivity index is -0.0000000910. The SMILES string of the molecule is C[N+](C)(C)C.F.[O]=[Mo](=[O])=[O]. The quantitative estimate of drug-likeness (QED) is 0.444. The van der Waals surface area contributed by atoms with Gasteiger partial charge in [0.1, 0.15) is 0 Å². The van der Waals surface area contributed by atoms with Gasteiger partial charge in [0.25, 0.3) is 0 Å². The zero-order chi connectivity index (χ0) is 8.08. The second-order valence-corrected chi connectivity index (χ2v) is 3.89. The molecule has 0 fully saturated rings. The summed E-state index contributed by atoms with van der Waals surface area (Å²) >= 11 is -4.11. The Kier molecular flexibility index (Phi) is 11.7. The van der Waals surface area contributed by atoms with Gasteiger partial charge in [0.05, 0.1) is 28.2 Å². The molecular formula is C4H13FMoNO3+. The molecule has 10 heavy (non-hydrogen) atoms. The van der Waals surface area contributed by atoms with E-state index in [4.69, 9.17) is 10.2 Å². The van der Waals surface area contributed by atoms with Crippen molar-refractivity contribution in [1.29, 1.82) is 0 Å². The summed E-state index contributed by atoms with van der Waals surface area (Å²) in [4.78, 5) is 0. The molecule has 0 bridgehead atoms. The van der Waals surface area contributed by atoms with Crippen molar-refractivity contribution in [2.75, 3.05) is 28.2 Å². The van der Waals surface area contributed by atoms with Gasteiger partial charge in [0, 0.05) is 0 Å². The number of halogens is 1. The first-order valence-corrected chi connectivity index (χ1v) is 4.75. The summed E-state index contributed by atoms with van der Waals surface area (Å²) in [5.41, 5.74) is 0. The average Bonchev–Trinajstić information content (AvgIpc) is 1.19. The minimum absolute atomic E-state index is 0. The van der Waals surface area contributed by atoms with E-state index in [1.54, 1.807) is 0 Å². The molecule has 0 radical (unpaired) electrons. The first kappa shape index (κ1) is 16.5. The molecule has 0 aliphatic heterocycles. The van der Waals surface area contributed by atoms with Crippen molar-refractivity contribution in [3.63, 3.8) is 0 Å². The van der Waals surface area contributed by atoms with Crippen molar-refractivity contribution in [1.82, 2.24) is 0 Å². The third-order valence-corrected chi connectivity index (χ3v) is 0. The molecule has 0 saturated carbocycles. The molecule has 0 heterocycles. The van der Waals surface area contributed by atoms with Crippen LogP contribution in [0, 0.1) is 0 Å². The topological polar surface area (TPSA) is 51.2 Å². The summed E-state index contributed by atoms with van der Waals surface area (Å²) in [5.74, 6) is 0. The predicted molar refractivity (Wildman–Crippen MR) is 28.5 cm³/mol. The van der Waals surface area contributed by atoms with E-state index < -0.39 is 17.2 Å². The van der Waals surface area contributed by atoms with E-state index in [1.165, 1.54) is 0 Å². The fraction of sp³-hybridized carbons (Fsp3) is 1.00. The summed E-state index contributed by atoms with van der Waals surface area (Å²) < 4.78 is 26.8. The van der Waals surface area contributed by atoms with Crippen LogP contribution in [0.3, 0.4) is 0 Å². The van der Waals surface area contributed by atoms with Gasteiger partial charge in [-0.25, -0.2) is 0 Å². The van der Waals surface area contributed by atoms with Crippen molar-refractivity contribution in [3.8, 4) is 0 Å². The second kappa shape index (κ2) is 7.09. The summed E-state index contributed by atoms with van der Waals surface area (Å²) in [6.45, 7) is 0. The van der Waals surface area contributed by atoms with Crippen LogP contribution in [0.2, 0.25) is 0 Å². The molecule has 0 N–H and O–H groups in total. The number of hydrogen-bond donors (Lipinski definition) is 0. The van der Waals surface area contributed by atoms with Crippen molar-refractivity contribution in [3.05, 3.63) is 0 Å². The van der Waals surface area contributed by atoms with Crippen molar-refractivity contribution in [2.45, 2.75) is 0 Å². The Labute approximate surface area is 65.3 Å². The van der Waals surface area contributed by atoms with Crippen LogP contribution in [0.4, 0.5) is 4.70 Å². The molecule has 64 valence electrons. The molecule has 0 aliphatic rings. The number of quaternary nitrogens is 1. The molecular weight excluding hydrogens is 225 g/mol. The van der Waals surface area contributed by atoms with Gasteiger partial charge in [-0.05, 0) is 0 Å². The zero-order valence-corrected chi connectivity index (χ0v) is 8.50. The molecule has 0 unspecified atom stereocenters. The van der Waals surface area contributed by atoms with Gasteiger partial charge < -0.3 is 4.48 Å². The van der Waals surface area contributed by atoms with Crippen LogP contribution in [-0.2, 0) is 27.4 Å². The van der Waals surface area contributed by atoms with Gasteiger partial charge in [-0.15, -0.1) is 0 Å². The summed E-state index contributed by atoms with van der Waals surface area (Å²) in [7, 11) is 8.50. The first-order chi connectivity index (χ1) is 3.73. The van der Waals surface area contributed by atoms with E-state index in [-0.39, 0.29) is 4.70 Å². The molecule has 0 spiro atoms. The molecule has 4 nitrogen and oxygen atoms in total. The molecule has 0 atom stereocenters. The molecule has 0 saturated heterocycles. The van der Waals surface area contributed by atoms with E-state index in [1.807, 2.05) is 0 Å². The van der Waals surface area contributed by atoms with E-state index in [0.717, 1.165) is 4.48 Å². The van der Waals surface area contributed by atoms with Crippen LogP contribution < -0.4 is 0 Å². The summed E-state index contributed by atoms with van der Waals surface area (Å²) in [6.07, 6.45) is 0. The monoisotopic (exact) mass is 240 g/mol. The van der Waals surface area contributed by atoms with Gasteiger partial charge in [-0.2, -0.15) is 0 Å². The summed E-state index contributed by atoms with van der Waals surface area (Å²) in [6, 6.07) is 0. The Morgan fingerprint density at radius 3 is 0.900 bits per heavy atom. The molecule has 0 aromatic heterocycles. The van der Waals surface area contributed by atoms with Crippen LogP contribution in [0.1, 0.15) is 0 Å². The van der Waals surface area contributed by atoms with E-state index in [9.17, 15) is 0 Å². The van der Waals surface area contributed by atoms with Gasteiger partial charge >= 0.3 is 27.4 Å². The van der Waals surface area contributed by atoms with E-state index >= 15 is 0 Å². The fourth-order valence-corrected chi connectivity index (χ4v) is 0. The Morgan fingerprint density at radius 1 is 0.900 bits per heavy atom. The molecule has 6 heteroatoms. The molecule has 0 aliphatic carbocycles. The first-order valence-electron chi connectivity index (χ1n) is 2.29. The third kappa shape index (κ3) is 826000. The van der Waals surface area contributed by atoms with Crippen LogP contribution >= 0.6 is 0 Å². The van der Waals surface area contributed by atoms with Crippen molar-refractivity contribution < 1.29 is 36.6 Å². The molecule has 0 aromatic carbocycles. The van der Waals surface area contributed by atoms with Crippen LogP contribution in [0.5, 0.6) is 0 Å². The molecule has 0 aromatic rings. The normalized spacial score (nSPS) is 8.40. The molecule has 0 rings (SSSR count). The Morgan fingerprint density at radius 2 is 0.900 bits per heavy atom. The van der Waals surface area contributed by atoms with Crippen molar-refractivity contribution >= 4 is 0 Å². The Hall–Kier alpha value is -0.0217. The molecule has 0 amide bonds.